The number of hydrogen-bond donors (Lipinski definition) is 1. The smallest absolute Gasteiger partial charge is 0.251 e. The fourth-order valence-corrected chi connectivity index (χ4v) is 1.67. The molecule has 1 aliphatic heterocycles. The van der Waals surface area contributed by atoms with Gasteiger partial charge in [-0.15, -0.1) is 0 Å². The number of anilines is 1. The van der Waals surface area contributed by atoms with E-state index in [0.717, 1.165) is 4.90 Å². The Labute approximate surface area is 97.9 Å². The lowest BCUT2D eigenvalue weighted by atomic mass is 10.2. The topological polar surface area (TPSA) is 86.1 Å². The highest BCUT2D eigenvalue weighted by molar-refractivity contribution is 6.06. The summed E-state index contributed by atoms with van der Waals surface area (Å²) in [4.78, 5) is 27.9. The Hall–Kier alpha value is -2.42. The number of aromatic nitrogens is 1. The predicted molar refractivity (Wildman–Crippen MR) is 58.8 cm³/mol. The molecule has 0 radical (unpaired) electrons. The molecule has 0 saturated carbocycles. The zero-order chi connectivity index (χ0) is 12.4. The molecule has 0 aromatic carbocycles. The highest BCUT2D eigenvalue weighted by atomic mass is 16.2. The van der Waals surface area contributed by atoms with Crippen molar-refractivity contribution >= 4 is 17.5 Å². The van der Waals surface area contributed by atoms with Crippen LogP contribution in [0.1, 0.15) is 12.1 Å². The maximum Gasteiger partial charge on any atom is 0.251 e. The number of nitrogens with one attached hydrogen (secondary N) is 1. The van der Waals surface area contributed by atoms with Crippen molar-refractivity contribution in [2.45, 2.75) is 12.5 Å². The lowest BCUT2D eigenvalue weighted by Crippen LogP contribution is -2.32. The van der Waals surface area contributed by atoms with Gasteiger partial charge < -0.3 is 5.32 Å². The molecule has 1 aromatic heterocycles. The van der Waals surface area contributed by atoms with Crippen LogP contribution < -0.4 is 5.32 Å². The zero-order valence-corrected chi connectivity index (χ0v) is 9.17. The van der Waals surface area contributed by atoms with E-state index in [1.54, 1.807) is 12.1 Å². The number of hydrogen-bond acceptors (Lipinski definition) is 5. The number of carbonyl (C=O) groups excluding carboxylic acids is 2. The van der Waals surface area contributed by atoms with Gasteiger partial charge >= 0.3 is 0 Å². The molecule has 0 spiro atoms. The number of nitrogens with zero attached hydrogens (tertiary/aromatic N) is 3. The van der Waals surface area contributed by atoms with Gasteiger partial charge in [0.15, 0.2) is 5.69 Å². The second-order valence-corrected chi connectivity index (χ2v) is 3.70. The van der Waals surface area contributed by atoms with Crippen LogP contribution in [0.3, 0.4) is 0 Å². The zero-order valence-electron chi connectivity index (χ0n) is 9.17. The number of imide groups is 1. The van der Waals surface area contributed by atoms with Crippen molar-refractivity contribution in [2.75, 3.05) is 12.4 Å². The van der Waals surface area contributed by atoms with E-state index in [1.807, 2.05) is 6.07 Å². The SMILES string of the molecule is CN1C(=O)CC(Nc2cccnc2C#N)C1=O. The summed E-state index contributed by atoms with van der Waals surface area (Å²) in [7, 11) is 1.45. The number of nitriles is 1. The van der Waals surface area contributed by atoms with Gasteiger partial charge in [-0.3, -0.25) is 14.5 Å². The number of rotatable bonds is 2. The summed E-state index contributed by atoms with van der Waals surface area (Å²) >= 11 is 0. The quantitative estimate of drug-likeness (QED) is 0.729. The second kappa shape index (κ2) is 4.22. The van der Waals surface area contributed by atoms with Gasteiger partial charge in [0.1, 0.15) is 12.1 Å². The highest BCUT2D eigenvalue weighted by Crippen LogP contribution is 2.18. The van der Waals surface area contributed by atoms with E-state index in [2.05, 4.69) is 10.3 Å². The Morgan fingerprint density at radius 2 is 2.35 bits per heavy atom. The third-order valence-electron chi connectivity index (χ3n) is 2.62. The number of amides is 2. The summed E-state index contributed by atoms with van der Waals surface area (Å²) < 4.78 is 0. The summed E-state index contributed by atoms with van der Waals surface area (Å²) in [6.07, 6.45) is 1.60. The maximum absolute atomic E-state index is 11.7. The van der Waals surface area contributed by atoms with Crippen LogP contribution in [0.5, 0.6) is 0 Å². The molecule has 1 unspecified atom stereocenters. The minimum atomic E-state index is -0.608. The Kier molecular flexibility index (Phi) is 2.75. The lowest BCUT2D eigenvalue weighted by molar-refractivity contribution is -0.136. The molecule has 0 bridgehead atoms. The summed E-state index contributed by atoms with van der Waals surface area (Å²) in [6, 6.07) is 4.63. The Bertz CT molecular complexity index is 520. The molecule has 2 rings (SSSR count). The van der Waals surface area contributed by atoms with Gasteiger partial charge in [0, 0.05) is 13.2 Å². The fraction of sp³-hybridized carbons (Fsp3) is 0.273. The van der Waals surface area contributed by atoms with E-state index < -0.39 is 6.04 Å². The first kappa shape index (κ1) is 11.1. The van der Waals surface area contributed by atoms with Crippen molar-refractivity contribution in [2.24, 2.45) is 0 Å². The van der Waals surface area contributed by atoms with Crippen molar-refractivity contribution in [1.29, 1.82) is 5.26 Å². The first-order valence-electron chi connectivity index (χ1n) is 5.05. The Balaban J connectivity index is 2.20. The highest BCUT2D eigenvalue weighted by Gasteiger charge is 2.36. The lowest BCUT2D eigenvalue weighted by Gasteiger charge is -2.12. The molecule has 86 valence electrons. The molecule has 6 heteroatoms. The number of carbonyl (C=O) groups is 2. The van der Waals surface area contributed by atoms with Crippen LogP contribution in [0.4, 0.5) is 5.69 Å². The van der Waals surface area contributed by atoms with Crippen molar-refractivity contribution in [1.82, 2.24) is 9.88 Å². The average molecular weight is 230 g/mol. The van der Waals surface area contributed by atoms with Crippen LogP contribution in [-0.4, -0.2) is 34.8 Å². The molecule has 0 aliphatic carbocycles. The molecule has 1 aromatic rings. The largest absolute Gasteiger partial charge is 0.371 e. The third kappa shape index (κ3) is 1.95. The van der Waals surface area contributed by atoms with Crippen LogP contribution in [0.25, 0.3) is 0 Å². The molecule has 1 atom stereocenters. The minimum Gasteiger partial charge on any atom is -0.371 e. The molecular formula is C11H10N4O2. The summed E-state index contributed by atoms with van der Waals surface area (Å²) in [5, 5.41) is 11.7. The standard InChI is InChI=1S/C11H10N4O2/c1-15-10(16)5-8(11(15)17)14-7-3-2-4-13-9(7)6-12/h2-4,8,14H,5H2,1H3. The average Bonchev–Trinajstić information content (AvgIpc) is 2.58. The van der Waals surface area contributed by atoms with Gasteiger partial charge in [-0.25, -0.2) is 4.98 Å². The van der Waals surface area contributed by atoms with Crippen molar-refractivity contribution in [3.05, 3.63) is 24.0 Å². The molecule has 6 nitrogen and oxygen atoms in total. The van der Waals surface area contributed by atoms with E-state index in [9.17, 15) is 9.59 Å². The van der Waals surface area contributed by atoms with Crippen molar-refractivity contribution in [3.63, 3.8) is 0 Å². The van der Waals surface area contributed by atoms with Crippen LogP contribution in [0, 0.1) is 11.3 Å². The van der Waals surface area contributed by atoms with Crippen molar-refractivity contribution < 1.29 is 9.59 Å². The van der Waals surface area contributed by atoms with Crippen LogP contribution in [0.2, 0.25) is 0 Å². The monoisotopic (exact) mass is 230 g/mol. The molecule has 17 heavy (non-hydrogen) atoms. The van der Waals surface area contributed by atoms with E-state index >= 15 is 0 Å². The van der Waals surface area contributed by atoms with Crippen LogP contribution in [-0.2, 0) is 9.59 Å². The molecule has 2 amide bonds. The molecular weight excluding hydrogens is 220 g/mol. The summed E-state index contributed by atoms with van der Waals surface area (Å²) in [5.74, 6) is -0.516. The normalized spacial score (nSPS) is 19.3. The number of likely N-dealkylation sites (N-methyl/N-ethyl adjacent to an activating group) is 1. The van der Waals surface area contributed by atoms with Crippen molar-refractivity contribution in [3.8, 4) is 6.07 Å². The third-order valence-corrected chi connectivity index (χ3v) is 2.62. The van der Waals surface area contributed by atoms with Gasteiger partial charge in [0.2, 0.25) is 5.91 Å². The van der Waals surface area contributed by atoms with E-state index in [4.69, 9.17) is 5.26 Å². The number of pyridine rings is 1. The van der Waals surface area contributed by atoms with Crippen LogP contribution >= 0.6 is 0 Å². The first-order valence-corrected chi connectivity index (χ1v) is 5.05. The molecule has 1 aliphatic rings. The second-order valence-electron chi connectivity index (χ2n) is 3.70. The summed E-state index contributed by atoms with van der Waals surface area (Å²) in [5.41, 5.74) is 0.679. The first-order chi connectivity index (χ1) is 8.13. The fourth-order valence-electron chi connectivity index (χ4n) is 1.67. The van der Waals surface area contributed by atoms with Gasteiger partial charge in [-0.2, -0.15) is 5.26 Å². The van der Waals surface area contributed by atoms with Gasteiger partial charge in [-0.1, -0.05) is 0 Å². The molecule has 1 fully saturated rings. The molecule has 1 N–H and O–H groups in total. The summed E-state index contributed by atoms with van der Waals surface area (Å²) in [6.45, 7) is 0. The van der Waals surface area contributed by atoms with E-state index in [-0.39, 0.29) is 23.9 Å². The predicted octanol–water partition coefficient (Wildman–Crippen LogP) is 0.122. The van der Waals surface area contributed by atoms with E-state index in [1.165, 1.54) is 13.2 Å². The minimum absolute atomic E-state index is 0.106. The van der Waals surface area contributed by atoms with E-state index in [0.29, 0.717) is 5.69 Å². The van der Waals surface area contributed by atoms with Gasteiger partial charge in [0.25, 0.3) is 5.91 Å². The maximum atomic E-state index is 11.7. The molecule has 2 heterocycles. The number of likely N-dealkylation sites (tertiary alicyclic amines) is 1. The van der Waals surface area contributed by atoms with Crippen LogP contribution in [0.15, 0.2) is 18.3 Å². The van der Waals surface area contributed by atoms with Gasteiger partial charge in [-0.05, 0) is 12.1 Å². The van der Waals surface area contributed by atoms with Gasteiger partial charge in [0.05, 0.1) is 12.1 Å². The Morgan fingerprint density at radius 1 is 1.59 bits per heavy atom. The Morgan fingerprint density at radius 3 is 2.94 bits per heavy atom. The molecule has 1 saturated heterocycles.